The van der Waals surface area contributed by atoms with Crippen LogP contribution in [0.25, 0.3) is 22.3 Å². The van der Waals surface area contributed by atoms with Gasteiger partial charge in [-0.3, -0.25) is 14.9 Å². The van der Waals surface area contributed by atoms with Crippen LogP contribution in [0.4, 0.5) is 5.13 Å². The van der Waals surface area contributed by atoms with Gasteiger partial charge in [-0.05, 0) is 32.8 Å². The Balaban J connectivity index is 1.58. The summed E-state index contributed by atoms with van der Waals surface area (Å²) >= 11 is 1.25. The average molecular weight is 432 g/mol. The molecular weight excluding hydrogens is 410 g/mol. The maximum Gasteiger partial charge on any atom is 0.258 e. The van der Waals surface area contributed by atoms with Crippen molar-refractivity contribution >= 4 is 39.2 Å². The van der Waals surface area contributed by atoms with Crippen LogP contribution in [-0.2, 0) is 6.42 Å². The van der Waals surface area contributed by atoms with Crippen molar-refractivity contribution in [3.63, 3.8) is 0 Å². The Kier molecular flexibility index (Phi) is 4.86. The lowest BCUT2D eigenvalue weighted by Gasteiger charge is -2.10. The number of ketones is 1. The van der Waals surface area contributed by atoms with Crippen LogP contribution >= 0.6 is 11.3 Å². The van der Waals surface area contributed by atoms with Gasteiger partial charge in [0.15, 0.2) is 16.6 Å². The molecule has 0 atom stereocenters. The lowest BCUT2D eigenvalue weighted by atomic mass is 10.0. The molecule has 0 aliphatic heterocycles. The summed E-state index contributed by atoms with van der Waals surface area (Å²) in [7, 11) is 0. The quantitative estimate of drug-likeness (QED) is 0.496. The molecule has 1 aromatic carbocycles. The molecule has 3 heterocycles. The molecule has 0 spiro atoms. The highest BCUT2D eigenvalue weighted by Gasteiger charge is 2.24. The number of nitrogens with one attached hydrogen (secondary N) is 1. The number of Topliss-reactive ketones (excluding diaryl/α,β-unsaturated/α-hetero) is 1. The number of carbonyl (C=O) groups excluding carboxylic acids is 2. The van der Waals surface area contributed by atoms with Gasteiger partial charge in [-0.1, -0.05) is 41.7 Å². The fraction of sp³-hybridized carbons (Fsp3) is 0.261. The molecule has 156 valence electrons. The van der Waals surface area contributed by atoms with Crippen molar-refractivity contribution in [2.75, 3.05) is 5.32 Å². The van der Waals surface area contributed by atoms with Gasteiger partial charge in [0.25, 0.3) is 5.91 Å². The van der Waals surface area contributed by atoms with Crippen LogP contribution in [0.1, 0.15) is 58.5 Å². The number of carbonyl (C=O) groups is 2. The normalized spacial score (nSPS) is 13.6. The second-order valence-corrected chi connectivity index (χ2v) is 8.87. The number of pyridine rings is 1. The van der Waals surface area contributed by atoms with E-state index in [1.165, 1.54) is 11.3 Å². The highest BCUT2D eigenvalue weighted by molar-refractivity contribution is 7.17. The second-order valence-electron chi connectivity index (χ2n) is 7.87. The Hall–Kier alpha value is -3.39. The van der Waals surface area contributed by atoms with Crippen LogP contribution in [0.3, 0.4) is 0 Å². The Morgan fingerprint density at radius 1 is 1.16 bits per heavy atom. The van der Waals surface area contributed by atoms with E-state index in [-0.39, 0.29) is 17.7 Å². The van der Waals surface area contributed by atoms with Gasteiger partial charge < -0.3 is 0 Å². The number of nitrogens with zero attached hydrogens (tertiary/aromatic N) is 4. The number of benzene rings is 1. The third kappa shape index (κ3) is 3.53. The maximum atomic E-state index is 13.3. The predicted octanol–water partition coefficient (Wildman–Crippen LogP) is 4.91. The van der Waals surface area contributed by atoms with Crippen LogP contribution in [0.2, 0.25) is 0 Å². The molecule has 8 heteroatoms. The zero-order valence-corrected chi connectivity index (χ0v) is 18.1. The number of aromatic nitrogens is 4. The van der Waals surface area contributed by atoms with Crippen LogP contribution in [0.5, 0.6) is 0 Å². The van der Waals surface area contributed by atoms with Crippen molar-refractivity contribution in [1.29, 1.82) is 0 Å². The second kappa shape index (κ2) is 7.70. The standard InChI is InChI=1S/C23H21N5O2S/c1-13(2)28-21-16(12-24-28)15(11-18(25-21)14-7-4-3-5-8-14)22(30)27-23-26-17-9-6-10-19(29)20(17)31-23/h3-5,7-8,11-13H,6,9-10H2,1-2H3,(H,26,27,30). The summed E-state index contributed by atoms with van der Waals surface area (Å²) in [5.74, 6) is -0.179. The van der Waals surface area contributed by atoms with E-state index in [1.54, 1.807) is 12.3 Å². The van der Waals surface area contributed by atoms with Gasteiger partial charge in [0.05, 0.1) is 33.4 Å². The van der Waals surface area contributed by atoms with E-state index >= 15 is 0 Å². The molecule has 0 saturated carbocycles. The average Bonchev–Trinajstić information content (AvgIpc) is 3.38. The number of aryl methyl sites for hydroxylation is 1. The summed E-state index contributed by atoms with van der Waals surface area (Å²) in [5, 5.41) is 8.49. The molecule has 4 aromatic rings. The van der Waals surface area contributed by atoms with Gasteiger partial charge in [-0.25, -0.2) is 14.6 Å². The third-order valence-corrected chi connectivity index (χ3v) is 6.41. The van der Waals surface area contributed by atoms with Gasteiger partial charge in [0.2, 0.25) is 0 Å². The Bertz CT molecular complexity index is 1310. The summed E-state index contributed by atoms with van der Waals surface area (Å²) in [6.45, 7) is 4.06. The number of amides is 1. The van der Waals surface area contributed by atoms with Gasteiger partial charge >= 0.3 is 0 Å². The SMILES string of the molecule is CC(C)n1ncc2c(C(=O)Nc3nc4c(s3)C(=O)CCC4)cc(-c3ccccc3)nc21. The number of fused-ring (bicyclic) bond motifs is 2. The minimum Gasteiger partial charge on any atom is -0.298 e. The van der Waals surface area contributed by atoms with Crippen molar-refractivity contribution in [2.24, 2.45) is 0 Å². The molecule has 0 fully saturated rings. The summed E-state index contributed by atoms with van der Waals surface area (Å²) in [4.78, 5) is 35.4. The van der Waals surface area contributed by atoms with E-state index in [0.29, 0.717) is 38.7 Å². The number of anilines is 1. The molecule has 7 nitrogen and oxygen atoms in total. The van der Waals surface area contributed by atoms with E-state index in [2.05, 4.69) is 15.4 Å². The number of rotatable bonds is 4. The number of thiazole rings is 1. The highest BCUT2D eigenvalue weighted by Crippen LogP contribution is 2.31. The van der Waals surface area contributed by atoms with Gasteiger partial charge in [0, 0.05) is 18.0 Å². The zero-order chi connectivity index (χ0) is 21.5. The first-order valence-corrected chi connectivity index (χ1v) is 11.1. The first kappa shape index (κ1) is 19.6. The summed E-state index contributed by atoms with van der Waals surface area (Å²) in [5.41, 5.74) is 3.55. The Morgan fingerprint density at radius 2 is 1.97 bits per heavy atom. The smallest absolute Gasteiger partial charge is 0.258 e. The maximum absolute atomic E-state index is 13.3. The molecule has 0 bridgehead atoms. The van der Waals surface area contributed by atoms with Gasteiger partial charge in [-0.2, -0.15) is 5.10 Å². The predicted molar refractivity (Wildman–Crippen MR) is 121 cm³/mol. The van der Waals surface area contributed by atoms with Crippen LogP contribution in [-0.4, -0.2) is 31.4 Å². The largest absolute Gasteiger partial charge is 0.298 e. The lowest BCUT2D eigenvalue weighted by Crippen LogP contribution is -2.13. The molecule has 1 aliphatic carbocycles. The van der Waals surface area contributed by atoms with Crippen LogP contribution in [0.15, 0.2) is 42.6 Å². The van der Waals surface area contributed by atoms with E-state index in [1.807, 2.05) is 48.9 Å². The Morgan fingerprint density at radius 3 is 2.71 bits per heavy atom. The van der Waals surface area contributed by atoms with Crippen molar-refractivity contribution in [1.82, 2.24) is 19.7 Å². The van der Waals surface area contributed by atoms with Crippen LogP contribution in [0, 0.1) is 0 Å². The fourth-order valence-corrected chi connectivity index (χ4v) is 4.80. The topological polar surface area (TPSA) is 89.8 Å². The molecule has 0 unspecified atom stereocenters. The third-order valence-electron chi connectivity index (χ3n) is 5.36. The number of hydrogen-bond donors (Lipinski definition) is 1. The molecule has 31 heavy (non-hydrogen) atoms. The molecule has 5 rings (SSSR count). The number of hydrogen-bond acceptors (Lipinski definition) is 6. The minimum absolute atomic E-state index is 0.101. The first-order chi connectivity index (χ1) is 15.0. The van der Waals surface area contributed by atoms with Gasteiger partial charge in [-0.15, -0.1) is 0 Å². The molecule has 0 saturated heterocycles. The zero-order valence-electron chi connectivity index (χ0n) is 17.3. The van der Waals surface area contributed by atoms with E-state index < -0.39 is 0 Å². The van der Waals surface area contributed by atoms with Crippen molar-refractivity contribution in [3.05, 3.63) is 58.7 Å². The molecule has 3 aromatic heterocycles. The summed E-state index contributed by atoms with van der Waals surface area (Å²) in [6.07, 6.45) is 3.81. The van der Waals surface area contributed by atoms with Crippen LogP contribution < -0.4 is 5.32 Å². The van der Waals surface area contributed by atoms with E-state index in [0.717, 1.165) is 24.1 Å². The molecule has 1 amide bonds. The van der Waals surface area contributed by atoms with E-state index in [9.17, 15) is 9.59 Å². The minimum atomic E-state index is -0.286. The van der Waals surface area contributed by atoms with Crippen molar-refractivity contribution in [2.45, 2.75) is 39.2 Å². The fourth-order valence-electron chi connectivity index (χ4n) is 3.83. The molecule has 1 N–H and O–H groups in total. The molecule has 1 aliphatic rings. The Labute approximate surface area is 183 Å². The monoisotopic (exact) mass is 431 g/mol. The summed E-state index contributed by atoms with van der Waals surface area (Å²) < 4.78 is 1.82. The molecular formula is C23H21N5O2S. The first-order valence-electron chi connectivity index (χ1n) is 10.3. The van der Waals surface area contributed by atoms with Crippen molar-refractivity contribution < 1.29 is 9.59 Å². The summed E-state index contributed by atoms with van der Waals surface area (Å²) in [6, 6.07) is 11.6. The highest BCUT2D eigenvalue weighted by atomic mass is 32.1. The molecule has 0 radical (unpaired) electrons. The lowest BCUT2D eigenvalue weighted by molar-refractivity contribution is 0.0975. The van der Waals surface area contributed by atoms with Gasteiger partial charge in [0.1, 0.15) is 0 Å². The van der Waals surface area contributed by atoms with E-state index in [4.69, 9.17) is 4.98 Å². The van der Waals surface area contributed by atoms with Crippen molar-refractivity contribution in [3.8, 4) is 11.3 Å².